The van der Waals surface area contributed by atoms with Crippen molar-refractivity contribution in [2.45, 2.75) is 0 Å². The van der Waals surface area contributed by atoms with E-state index in [1.807, 2.05) is 0 Å². The standard InChI is InChI=1S/H3N.Ni.H2O3S/c;;1-4(2)3/h1H3;;(H2,1,2,3). The minimum absolute atomic E-state index is 0. The quantitative estimate of drug-likeness (QED) is 0.337. The van der Waals surface area contributed by atoms with Crippen LogP contribution in [0.2, 0.25) is 0 Å². The van der Waals surface area contributed by atoms with Crippen molar-refractivity contribution in [1.29, 1.82) is 0 Å². The maximum Gasteiger partial charge on any atom is 0.299 e. The van der Waals surface area contributed by atoms with Gasteiger partial charge in [-0.1, -0.05) is 0 Å². The van der Waals surface area contributed by atoms with Crippen LogP contribution in [-0.2, 0) is 27.9 Å². The molecule has 0 aromatic heterocycles. The molecule has 0 saturated heterocycles. The summed E-state index contributed by atoms with van der Waals surface area (Å²) in [5.41, 5.74) is 0. The van der Waals surface area contributed by atoms with E-state index in [0.29, 0.717) is 0 Å². The van der Waals surface area contributed by atoms with Gasteiger partial charge in [0, 0.05) is 16.5 Å². The number of hydrogen-bond donors (Lipinski definition) is 3. The maximum atomic E-state index is 8.67. The van der Waals surface area contributed by atoms with Gasteiger partial charge in [0.25, 0.3) is 11.4 Å². The Labute approximate surface area is 47.9 Å². The Morgan fingerprint density at radius 1 is 1.33 bits per heavy atom. The number of rotatable bonds is 0. The fourth-order valence-corrected chi connectivity index (χ4v) is 0. The Morgan fingerprint density at radius 2 is 1.33 bits per heavy atom. The summed E-state index contributed by atoms with van der Waals surface area (Å²) in [6.45, 7) is 0. The van der Waals surface area contributed by atoms with Gasteiger partial charge >= 0.3 is 0 Å². The van der Waals surface area contributed by atoms with Crippen LogP contribution in [-0.4, -0.2) is 13.3 Å². The van der Waals surface area contributed by atoms with Crippen LogP contribution in [0.3, 0.4) is 0 Å². The van der Waals surface area contributed by atoms with E-state index >= 15 is 0 Å². The Balaban J connectivity index is -0.0000000450. The van der Waals surface area contributed by atoms with Crippen molar-refractivity contribution in [3.8, 4) is 0 Å². The summed E-state index contributed by atoms with van der Waals surface area (Å²) in [5.74, 6) is 0. The third kappa shape index (κ3) is 205. The minimum atomic E-state index is -2.61. The minimum Gasteiger partial charge on any atom is -0.344 e. The van der Waals surface area contributed by atoms with E-state index in [1.54, 1.807) is 0 Å². The summed E-state index contributed by atoms with van der Waals surface area (Å²) in [6.07, 6.45) is 0. The van der Waals surface area contributed by atoms with Gasteiger partial charge in [-0.05, 0) is 0 Å². The molecule has 6 heteroatoms. The second-order valence-corrected chi connectivity index (χ2v) is 0.692. The Hall–Kier alpha value is 0.524. The zero-order chi connectivity index (χ0) is 3.58. The average molecular weight is 158 g/mol. The first kappa shape index (κ1) is 16.0. The van der Waals surface area contributed by atoms with Crippen LogP contribution < -0.4 is 6.15 Å². The van der Waals surface area contributed by atoms with Gasteiger partial charge in [-0.15, -0.1) is 0 Å². The van der Waals surface area contributed by atoms with Gasteiger partial charge in [-0.25, -0.2) is 0 Å². The first-order chi connectivity index (χ1) is 1.73. The molecule has 5 N–H and O–H groups in total. The van der Waals surface area contributed by atoms with Gasteiger partial charge in [0.05, 0.1) is 0 Å². The zero-order valence-electron chi connectivity index (χ0n) is 2.73. The van der Waals surface area contributed by atoms with E-state index in [9.17, 15) is 0 Å². The van der Waals surface area contributed by atoms with E-state index < -0.39 is 11.4 Å². The first-order valence-corrected chi connectivity index (χ1v) is 1.60. The molecule has 4 nitrogen and oxygen atoms in total. The second kappa shape index (κ2) is 9.10. The normalized spacial score (nSPS) is 5.83. The third-order valence-electron chi connectivity index (χ3n) is 0. The van der Waals surface area contributed by atoms with Crippen molar-refractivity contribution in [2.24, 2.45) is 0 Å². The Kier molecular flexibility index (Phi) is 24.3. The van der Waals surface area contributed by atoms with Crippen LogP contribution in [0.4, 0.5) is 0 Å². The van der Waals surface area contributed by atoms with Gasteiger partial charge in [0.15, 0.2) is 0 Å². The third-order valence-corrected chi connectivity index (χ3v) is 0. The molecule has 0 unspecified atom stereocenters. The average Bonchev–Trinajstić information content (AvgIpc) is 0.811. The van der Waals surface area contributed by atoms with Crippen molar-refractivity contribution in [2.75, 3.05) is 0 Å². The molecule has 0 fully saturated rings. The molecule has 0 heterocycles. The molecule has 44 valence electrons. The second-order valence-electron chi connectivity index (χ2n) is 0.231. The molecule has 0 aromatic carbocycles. The largest absolute Gasteiger partial charge is 0.344 e. The fourth-order valence-electron chi connectivity index (χ4n) is 0. The van der Waals surface area contributed by atoms with Crippen LogP contribution >= 0.6 is 0 Å². The maximum absolute atomic E-state index is 8.67. The first-order valence-electron chi connectivity index (χ1n) is 0.532. The van der Waals surface area contributed by atoms with E-state index in [1.165, 1.54) is 0 Å². The molecule has 0 aromatic rings. The zero-order valence-corrected chi connectivity index (χ0v) is 4.54. The molecule has 0 bridgehead atoms. The van der Waals surface area contributed by atoms with Crippen LogP contribution in [0.15, 0.2) is 0 Å². The molecule has 0 aliphatic carbocycles. The molecule has 0 amide bonds. The molecule has 6 heavy (non-hydrogen) atoms. The van der Waals surface area contributed by atoms with Gasteiger partial charge in [0.2, 0.25) is 0 Å². The molecule has 0 radical (unpaired) electrons. The van der Waals surface area contributed by atoms with Gasteiger partial charge in [-0.3, -0.25) is 9.11 Å². The summed E-state index contributed by atoms with van der Waals surface area (Å²) in [7, 11) is 0. The van der Waals surface area contributed by atoms with Crippen molar-refractivity contribution in [3.63, 3.8) is 0 Å². The van der Waals surface area contributed by atoms with E-state index in [2.05, 4.69) is 0 Å². The SMILES string of the molecule is N.O=S(O)O.[Ni]. The van der Waals surface area contributed by atoms with Gasteiger partial charge in [0.1, 0.15) is 0 Å². The van der Waals surface area contributed by atoms with Crippen molar-refractivity contribution in [1.82, 2.24) is 6.15 Å². The molecular weight excluding hydrogens is 153 g/mol. The molecule has 0 saturated carbocycles. The van der Waals surface area contributed by atoms with E-state index in [0.717, 1.165) is 0 Å². The van der Waals surface area contributed by atoms with Gasteiger partial charge in [-0.2, -0.15) is 4.21 Å². The van der Waals surface area contributed by atoms with Gasteiger partial charge < -0.3 is 6.15 Å². The summed E-state index contributed by atoms with van der Waals surface area (Å²) in [5, 5.41) is 0. The molecule has 0 aliphatic rings. The topological polar surface area (TPSA) is 92.5 Å². The molecule has 0 rings (SSSR count). The monoisotopic (exact) mass is 157 g/mol. The molecular formula is H5NNiO3S. The molecule has 0 atom stereocenters. The van der Waals surface area contributed by atoms with Crippen LogP contribution in [0.1, 0.15) is 0 Å². The van der Waals surface area contributed by atoms with Crippen molar-refractivity contribution < 1.29 is 29.8 Å². The van der Waals surface area contributed by atoms with Crippen molar-refractivity contribution in [3.05, 3.63) is 0 Å². The Morgan fingerprint density at radius 3 is 1.33 bits per heavy atom. The smallest absolute Gasteiger partial charge is 0.299 e. The summed E-state index contributed by atoms with van der Waals surface area (Å²) in [4.78, 5) is 0. The summed E-state index contributed by atoms with van der Waals surface area (Å²) >= 11 is -2.61. The van der Waals surface area contributed by atoms with Crippen LogP contribution in [0.5, 0.6) is 0 Å². The fraction of sp³-hybridized carbons (Fsp3) is 0. The van der Waals surface area contributed by atoms with Crippen LogP contribution in [0, 0.1) is 0 Å². The molecule has 0 spiro atoms. The molecule has 0 aliphatic heterocycles. The summed E-state index contributed by atoms with van der Waals surface area (Å²) < 4.78 is 22.8. The predicted molar refractivity (Wildman–Crippen MR) is 18.4 cm³/mol. The predicted octanol–water partition coefficient (Wildman–Crippen LogP) is -0.159. The van der Waals surface area contributed by atoms with Crippen LogP contribution in [0.25, 0.3) is 0 Å². The Bertz CT molecular complexity index is 33.8. The summed E-state index contributed by atoms with van der Waals surface area (Å²) in [6, 6.07) is 0. The van der Waals surface area contributed by atoms with Crippen molar-refractivity contribution >= 4 is 11.4 Å². The van der Waals surface area contributed by atoms with E-state index in [4.69, 9.17) is 13.3 Å². The number of hydrogen-bond acceptors (Lipinski definition) is 2. The van der Waals surface area contributed by atoms with E-state index in [-0.39, 0.29) is 22.6 Å².